The molecule has 8 nitrogen and oxygen atoms in total. The molecule has 2 saturated heterocycles. The number of benzene rings is 2. The Hall–Kier alpha value is -3.72. The maximum Gasteiger partial charge on any atom is 0.416 e. The fourth-order valence-corrected chi connectivity index (χ4v) is 5.93. The van der Waals surface area contributed by atoms with Gasteiger partial charge in [0.25, 0.3) is 11.8 Å². The van der Waals surface area contributed by atoms with E-state index in [1.165, 1.54) is 31.0 Å². The topological polar surface area (TPSA) is 80.7 Å². The van der Waals surface area contributed by atoms with Crippen molar-refractivity contribution in [2.45, 2.75) is 37.9 Å². The van der Waals surface area contributed by atoms with Crippen LogP contribution in [0.15, 0.2) is 46.3 Å². The van der Waals surface area contributed by atoms with Gasteiger partial charge in [-0.05, 0) is 60.5 Å². The summed E-state index contributed by atoms with van der Waals surface area (Å²) in [7, 11) is 1.32. The van der Waals surface area contributed by atoms with E-state index in [4.69, 9.17) is 14.2 Å². The summed E-state index contributed by atoms with van der Waals surface area (Å²) in [5.74, 6) is -0.255. The number of nitrogens with zero attached hydrogens (tertiary/aromatic N) is 3. The van der Waals surface area contributed by atoms with Crippen LogP contribution in [0.25, 0.3) is 6.08 Å². The molecule has 2 aromatic rings. The van der Waals surface area contributed by atoms with E-state index in [-0.39, 0.29) is 29.6 Å². The van der Waals surface area contributed by atoms with Crippen LogP contribution in [0.4, 0.5) is 26.3 Å². The molecule has 3 aliphatic heterocycles. The highest BCUT2D eigenvalue weighted by Crippen LogP contribution is 2.39. The minimum atomic E-state index is -5.03. The van der Waals surface area contributed by atoms with Crippen LogP contribution >= 0.6 is 11.8 Å². The maximum absolute atomic E-state index is 13.5. The van der Waals surface area contributed by atoms with Crippen molar-refractivity contribution >= 4 is 34.8 Å². The second-order valence-corrected chi connectivity index (χ2v) is 11.2. The Balaban J connectivity index is 1.23. The number of hydrogen-bond donors (Lipinski definition) is 0. The third-order valence-corrected chi connectivity index (χ3v) is 8.33. The number of amidine groups is 1. The van der Waals surface area contributed by atoms with Crippen molar-refractivity contribution in [1.82, 2.24) is 9.80 Å². The number of thioether (sulfide) groups is 1. The average Bonchev–Trinajstić information content (AvgIpc) is 3.65. The van der Waals surface area contributed by atoms with Crippen LogP contribution in [-0.2, 0) is 33.3 Å². The lowest BCUT2D eigenvalue weighted by atomic mass is 10.0. The molecule has 1 atom stereocenters. The van der Waals surface area contributed by atoms with Crippen LogP contribution in [-0.4, -0.2) is 72.8 Å². The van der Waals surface area contributed by atoms with Gasteiger partial charge in [0, 0.05) is 38.3 Å². The lowest BCUT2D eigenvalue weighted by Gasteiger charge is -2.36. The number of hydrogen-bond acceptors (Lipinski definition) is 7. The van der Waals surface area contributed by atoms with Gasteiger partial charge < -0.3 is 24.0 Å². The molecule has 2 aromatic carbocycles. The first-order valence-corrected chi connectivity index (χ1v) is 14.4. The van der Waals surface area contributed by atoms with Crippen molar-refractivity contribution in [1.29, 1.82) is 0 Å². The number of halogens is 6. The Morgan fingerprint density at radius 3 is 2.43 bits per heavy atom. The van der Waals surface area contributed by atoms with Crippen molar-refractivity contribution in [3.8, 4) is 11.5 Å². The quantitative estimate of drug-likeness (QED) is 0.299. The number of rotatable bonds is 6. The van der Waals surface area contributed by atoms with Gasteiger partial charge in [0.15, 0.2) is 16.7 Å². The molecule has 0 aromatic heterocycles. The summed E-state index contributed by atoms with van der Waals surface area (Å²) in [6.07, 6.45) is -7.16. The second-order valence-electron chi connectivity index (χ2n) is 10.2. The normalized spacial score (nSPS) is 20.3. The zero-order chi connectivity index (χ0) is 31.6. The number of aliphatic imine (C=N–C) groups is 1. The highest BCUT2D eigenvalue weighted by molar-refractivity contribution is 8.18. The van der Waals surface area contributed by atoms with Crippen LogP contribution in [0.5, 0.6) is 11.5 Å². The first-order valence-electron chi connectivity index (χ1n) is 13.6. The van der Waals surface area contributed by atoms with Gasteiger partial charge in [-0.15, -0.1) is 0 Å². The minimum absolute atomic E-state index is 0.0126. The number of alkyl halides is 6. The van der Waals surface area contributed by atoms with Crippen LogP contribution in [0.2, 0.25) is 0 Å². The van der Waals surface area contributed by atoms with E-state index < -0.39 is 41.6 Å². The van der Waals surface area contributed by atoms with Crippen LogP contribution < -0.4 is 9.47 Å². The number of amides is 2. The van der Waals surface area contributed by atoms with E-state index in [1.807, 2.05) is 4.90 Å². The zero-order valence-electron chi connectivity index (χ0n) is 23.3. The van der Waals surface area contributed by atoms with Gasteiger partial charge in [-0.2, -0.15) is 31.3 Å². The van der Waals surface area contributed by atoms with Crippen molar-refractivity contribution < 1.29 is 50.1 Å². The third kappa shape index (κ3) is 7.15. The number of carbonyl (C=O) groups is 2. The second kappa shape index (κ2) is 12.7. The summed E-state index contributed by atoms with van der Waals surface area (Å²) in [6.45, 7) is 1.93. The molecule has 5 rings (SSSR count). The Bertz CT molecular complexity index is 1480. The summed E-state index contributed by atoms with van der Waals surface area (Å²) in [4.78, 5) is 33.5. The molecule has 3 heterocycles. The van der Waals surface area contributed by atoms with Crippen molar-refractivity contribution in [2.24, 2.45) is 4.99 Å². The van der Waals surface area contributed by atoms with Crippen molar-refractivity contribution in [3.05, 3.63) is 63.6 Å². The molecule has 0 saturated carbocycles. The number of ether oxygens (including phenoxy) is 3. The highest BCUT2D eigenvalue weighted by Gasteiger charge is 2.38. The molecule has 15 heteroatoms. The molecule has 1 unspecified atom stereocenters. The van der Waals surface area contributed by atoms with Gasteiger partial charge in [0.2, 0.25) is 0 Å². The predicted molar refractivity (Wildman–Crippen MR) is 149 cm³/mol. The lowest BCUT2D eigenvalue weighted by Crippen LogP contribution is -2.52. The van der Waals surface area contributed by atoms with Crippen LogP contribution in [0.3, 0.4) is 0 Å². The molecule has 0 spiro atoms. The third-order valence-electron chi connectivity index (χ3n) is 7.29. The average molecular weight is 644 g/mol. The SMILES string of the molecule is COc1cc(/C=C2\SC(N3CCN(C(=O)C4CCCO4)CC3)=NC2=O)ccc1OCc1ccc(C(F)(F)F)cc1C(F)(F)F. The van der Waals surface area contributed by atoms with E-state index in [0.717, 1.165) is 18.9 Å². The molecule has 44 heavy (non-hydrogen) atoms. The molecule has 2 fully saturated rings. The summed E-state index contributed by atoms with van der Waals surface area (Å²) in [5.41, 5.74) is -2.81. The Morgan fingerprint density at radius 1 is 1.05 bits per heavy atom. The van der Waals surface area contributed by atoms with E-state index in [2.05, 4.69) is 4.99 Å². The largest absolute Gasteiger partial charge is 0.493 e. The summed E-state index contributed by atoms with van der Waals surface area (Å²) >= 11 is 1.19. The van der Waals surface area contributed by atoms with Crippen LogP contribution in [0, 0.1) is 0 Å². The van der Waals surface area contributed by atoms with Gasteiger partial charge in [0.1, 0.15) is 12.7 Å². The van der Waals surface area contributed by atoms with Gasteiger partial charge in [-0.25, -0.2) is 0 Å². The van der Waals surface area contributed by atoms with Gasteiger partial charge >= 0.3 is 12.4 Å². The monoisotopic (exact) mass is 643 g/mol. The van der Waals surface area contributed by atoms with Gasteiger partial charge in [-0.1, -0.05) is 12.1 Å². The van der Waals surface area contributed by atoms with E-state index in [9.17, 15) is 35.9 Å². The molecule has 0 bridgehead atoms. The standard InChI is InChI=1S/C29H27F6N3O5S/c1-41-23-13-17(4-7-21(23)43-16-18-5-6-19(28(30,31)32)15-20(18)29(33,34)35)14-24-25(39)36-27(44-24)38-10-8-37(9-11-38)26(40)22-3-2-12-42-22/h4-7,13-15,22H,2-3,8-12,16H2,1H3/b24-14-. The first kappa shape index (κ1) is 31.7. The van der Waals surface area contributed by atoms with Crippen molar-refractivity contribution in [3.63, 3.8) is 0 Å². The Labute approximate surface area is 252 Å². The lowest BCUT2D eigenvalue weighted by molar-refractivity contribution is -0.144. The Kier molecular flexibility index (Phi) is 9.16. The van der Waals surface area contributed by atoms with Gasteiger partial charge in [-0.3, -0.25) is 9.59 Å². The molecule has 236 valence electrons. The van der Waals surface area contributed by atoms with Gasteiger partial charge in [0.05, 0.1) is 23.1 Å². The molecular formula is C29H27F6N3O5S. The maximum atomic E-state index is 13.5. The molecule has 0 radical (unpaired) electrons. The van der Waals surface area contributed by atoms with E-state index in [0.29, 0.717) is 54.5 Å². The van der Waals surface area contributed by atoms with E-state index in [1.54, 1.807) is 17.0 Å². The fourth-order valence-electron chi connectivity index (χ4n) is 4.97. The summed E-state index contributed by atoms with van der Waals surface area (Å²) in [5, 5.41) is 0.523. The first-order chi connectivity index (χ1) is 20.8. The predicted octanol–water partition coefficient (Wildman–Crippen LogP) is 5.61. The summed E-state index contributed by atoms with van der Waals surface area (Å²) in [6, 6.07) is 5.86. The molecule has 0 N–H and O–H groups in total. The molecule has 3 aliphatic rings. The fraction of sp³-hybridized carbons (Fsp3) is 0.414. The molecular weight excluding hydrogens is 616 g/mol. The summed E-state index contributed by atoms with van der Waals surface area (Å²) < 4.78 is 95.8. The van der Waals surface area contributed by atoms with Crippen LogP contribution in [0.1, 0.15) is 35.1 Å². The molecule has 0 aliphatic carbocycles. The minimum Gasteiger partial charge on any atom is -0.493 e. The number of carbonyl (C=O) groups excluding carboxylic acids is 2. The number of methoxy groups -OCH3 is 1. The Morgan fingerprint density at radius 2 is 1.80 bits per heavy atom. The van der Waals surface area contributed by atoms with E-state index >= 15 is 0 Å². The van der Waals surface area contributed by atoms with Crippen molar-refractivity contribution in [2.75, 3.05) is 39.9 Å². The smallest absolute Gasteiger partial charge is 0.416 e. The number of piperazine rings is 1. The molecule has 2 amide bonds. The zero-order valence-corrected chi connectivity index (χ0v) is 24.2. The highest BCUT2D eigenvalue weighted by atomic mass is 32.2.